The lowest BCUT2D eigenvalue weighted by Gasteiger charge is -2.20. The van der Waals surface area contributed by atoms with Crippen LogP contribution >= 0.6 is 0 Å². The first kappa shape index (κ1) is 17.2. The van der Waals surface area contributed by atoms with Crippen molar-refractivity contribution < 1.29 is 19.8 Å². The number of carboxylic acid groups (broad SMARTS) is 2. The van der Waals surface area contributed by atoms with Gasteiger partial charge < -0.3 is 10.2 Å². The van der Waals surface area contributed by atoms with Gasteiger partial charge in [0.25, 0.3) is 0 Å². The van der Waals surface area contributed by atoms with E-state index in [0.717, 1.165) is 38.5 Å². The minimum Gasteiger partial charge on any atom is -0.478 e. The van der Waals surface area contributed by atoms with Gasteiger partial charge >= 0.3 is 11.9 Å². The molecule has 0 saturated carbocycles. The fourth-order valence-corrected chi connectivity index (χ4v) is 2.68. The molecular formula is C17H24O4. The Hall–Kier alpha value is -1.84. The van der Waals surface area contributed by atoms with Gasteiger partial charge in [-0.15, -0.1) is 0 Å². The lowest BCUT2D eigenvalue weighted by atomic mass is 9.84. The van der Waals surface area contributed by atoms with E-state index in [-0.39, 0.29) is 17.0 Å². The molecule has 0 heterocycles. The van der Waals surface area contributed by atoms with Crippen LogP contribution in [0.3, 0.4) is 0 Å². The summed E-state index contributed by atoms with van der Waals surface area (Å²) in [6, 6.07) is 4.79. The minimum absolute atomic E-state index is 0.0396. The molecule has 1 aromatic rings. The largest absolute Gasteiger partial charge is 0.478 e. The van der Waals surface area contributed by atoms with Crippen LogP contribution in [0.15, 0.2) is 18.2 Å². The van der Waals surface area contributed by atoms with Crippen LogP contribution in [0.25, 0.3) is 0 Å². The highest BCUT2D eigenvalue weighted by atomic mass is 16.4. The third kappa shape index (κ3) is 4.59. The van der Waals surface area contributed by atoms with Crippen molar-refractivity contribution in [1.82, 2.24) is 0 Å². The Balaban J connectivity index is 3.25. The second-order valence-corrected chi connectivity index (χ2v) is 5.36. The summed E-state index contributed by atoms with van der Waals surface area (Å²) in [5.74, 6) is -2.21. The number of unbranched alkanes of at least 4 members (excludes halogenated alkanes) is 2. The van der Waals surface area contributed by atoms with Crippen molar-refractivity contribution in [3.05, 3.63) is 34.9 Å². The summed E-state index contributed by atoms with van der Waals surface area (Å²) in [7, 11) is 0. The molecule has 2 N–H and O–H groups in total. The van der Waals surface area contributed by atoms with E-state index in [0.29, 0.717) is 5.56 Å². The SMILES string of the molecule is CCCCC(CCCC)c1cccc(C(=O)O)c1C(=O)O. The molecule has 0 spiro atoms. The molecule has 0 radical (unpaired) electrons. The summed E-state index contributed by atoms with van der Waals surface area (Å²) < 4.78 is 0. The Labute approximate surface area is 125 Å². The highest BCUT2D eigenvalue weighted by molar-refractivity contribution is 6.02. The fourth-order valence-electron chi connectivity index (χ4n) is 2.68. The molecule has 1 rings (SSSR count). The van der Waals surface area contributed by atoms with Crippen LogP contribution in [0, 0.1) is 0 Å². The smallest absolute Gasteiger partial charge is 0.336 e. The van der Waals surface area contributed by atoms with Crippen LogP contribution in [-0.4, -0.2) is 22.2 Å². The van der Waals surface area contributed by atoms with Crippen molar-refractivity contribution in [2.75, 3.05) is 0 Å². The van der Waals surface area contributed by atoms with Crippen molar-refractivity contribution >= 4 is 11.9 Å². The van der Waals surface area contributed by atoms with E-state index in [1.54, 1.807) is 12.1 Å². The van der Waals surface area contributed by atoms with Crippen LogP contribution in [0.1, 0.15) is 84.6 Å². The van der Waals surface area contributed by atoms with Crippen molar-refractivity contribution in [3.8, 4) is 0 Å². The molecule has 1 aromatic carbocycles. The standard InChI is InChI=1S/C17H24O4/c1-3-5-8-12(9-6-4-2)13-10-7-11-14(16(18)19)15(13)17(20)21/h7,10-12H,3-6,8-9H2,1-2H3,(H,18,19)(H,20,21). The normalized spacial score (nSPS) is 10.8. The van der Waals surface area contributed by atoms with Gasteiger partial charge in [-0.3, -0.25) is 0 Å². The number of hydrogen-bond donors (Lipinski definition) is 2. The van der Waals surface area contributed by atoms with Crippen molar-refractivity contribution in [2.45, 2.75) is 58.3 Å². The number of hydrogen-bond acceptors (Lipinski definition) is 2. The van der Waals surface area contributed by atoms with Crippen molar-refractivity contribution in [1.29, 1.82) is 0 Å². The number of benzene rings is 1. The van der Waals surface area contributed by atoms with Crippen LogP contribution in [0.5, 0.6) is 0 Å². The first-order valence-corrected chi connectivity index (χ1v) is 7.62. The number of carbonyl (C=O) groups is 2. The van der Waals surface area contributed by atoms with Crippen molar-refractivity contribution in [3.63, 3.8) is 0 Å². The lowest BCUT2D eigenvalue weighted by molar-refractivity contribution is 0.0650. The van der Waals surface area contributed by atoms with Crippen LogP contribution in [-0.2, 0) is 0 Å². The Morgan fingerprint density at radius 3 is 2.00 bits per heavy atom. The molecule has 0 aliphatic rings. The van der Waals surface area contributed by atoms with Crippen molar-refractivity contribution in [2.24, 2.45) is 0 Å². The number of carboxylic acids is 2. The molecule has 0 unspecified atom stereocenters. The van der Waals surface area contributed by atoms with Gasteiger partial charge in [-0.25, -0.2) is 9.59 Å². The average molecular weight is 292 g/mol. The molecule has 0 amide bonds. The number of aromatic carboxylic acids is 2. The van der Waals surface area contributed by atoms with Gasteiger partial charge in [0.1, 0.15) is 0 Å². The predicted molar refractivity (Wildman–Crippen MR) is 82.2 cm³/mol. The maximum Gasteiger partial charge on any atom is 0.336 e. The quantitative estimate of drug-likeness (QED) is 0.700. The summed E-state index contributed by atoms with van der Waals surface area (Å²) in [6.07, 6.45) is 5.93. The maximum atomic E-state index is 11.5. The first-order valence-electron chi connectivity index (χ1n) is 7.62. The average Bonchev–Trinajstić information content (AvgIpc) is 2.46. The van der Waals surface area contributed by atoms with Gasteiger partial charge in [-0.05, 0) is 30.4 Å². The first-order chi connectivity index (χ1) is 10.0. The van der Waals surface area contributed by atoms with E-state index in [1.807, 2.05) is 0 Å². The summed E-state index contributed by atoms with van der Waals surface area (Å²) in [6.45, 7) is 4.20. The van der Waals surface area contributed by atoms with Gasteiger partial charge in [0.15, 0.2) is 0 Å². The number of rotatable bonds is 9. The Bertz CT molecular complexity index is 486. The third-order valence-electron chi connectivity index (χ3n) is 3.79. The summed E-state index contributed by atoms with van der Waals surface area (Å²) in [5, 5.41) is 18.6. The zero-order valence-corrected chi connectivity index (χ0v) is 12.8. The summed E-state index contributed by atoms with van der Waals surface area (Å²) in [5.41, 5.74) is 0.518. The Kier molecular flexibility index (Phi) is 6.92. The lowest BCUT2D eigenvalue weighted by Crippen LogP contribution is -2.14. The van der Waals surface area contributed by atoms with Crippen LogP contribution < -0.4 is 0 Å². The molecule has 116 valence electrons. The predicted octanol–water partition coefficient (Wildman–Crippen LogP) is 4.55. The fraction of sp³-hybridized carbons (Fsp3) is 0.529. The van der Waals surface area contributed by atoms with Gasteiger partial charge in [0.2, 0.25) is 0 Å². The molecule has 0 fully saturated rings. The van der Waals surface area contributed by atoms with Gasteiger partial charge in [-0.1, -0.05) is 51.7 Å². The van der Waals surface area contributed by atoms with E-state index >= 15 is 0 Å². The minimum atomic E-state index is -1.18. The molecule has 0 atom stereocenters. The second kappa shape index (κ2) is 8.45. The van der Waals surface area contributed by atoms with Gasteiger partial charge in [0.05, 0.1) is 11.1 Å². The molecule has 0 bridgehead atoms. The molecule has 0 saturated heterocycles. The zero-order valence-electron chi connectivity index (χ0n) is 12.8. The molecular weight excluding hydrogens is 268 g/mol. The van der Waals surface area contributed by atoms with E-state index in [9.17, 15) is 19.8 Å². The summed E-state index contributed by atoms with van der Waals surface area (Å²) in [4.78, 5) is 22.8. The van der Waals surface area contributed by atoms with Gasteiger partial charge in [-0.2, -0.15) is 0 Å². The van der Waals surface area contributed by atoms with E-state index in [1.165, 1.54) is 6.07 Å². The Morgan fingerprint density at radius 1 is 1.00 bits per heavy atom. The maximum absolute atomic E-state index is 11.5. The van der Waals surface area contributed by atoms with Crippen LogP contribution in [0.4, 0.5) is 0 Å². The molecule has 0 aromatic heterocycles. The summed E-state index contributed by atoms with van der Waals surface area (Å²) >= 11 is 0. The molecule has 4 nitrogen and oxygen atoms in total. The highest BCUT2D eigenvalue weighted by Gasteiger charge is 2.24. The topological polar surface area (TPSA) is 74.6 Å². The van der Waals surface area contributed by atoms with E-state index in [4.69, 9.17) is 0 Å². The van der Waals surface area contributed by atoms with E-state index in [2.05, 4.69) is 13.8 Å². The monoisotopic (exact) mass is 292 g/mol. The molecule has 4 heteroatoms. The third-order valence-corrected chi connectivity index (χ3v) is 3.79. The highest BCUT2D eigenvalue weighted by Crippen LogP contribution is 2.31. The van der Waals surface area contributed by atoms with E-state index < -0.39 is 11.9 Å². The van der Waals surface area contributed by atoms with Gasteiger partial charge in [0, 0.05) is 0 Å². The molecule has 0 aliphatic heterocycles. The zero-order chi connectivity index (χ0) is 15.8. The Morgan fingerprint density at radius 2 is 1.57 bits per heavy atom. The molecule has 21 heavy (non-hydrogen) atoms. The second-order valence-electron chi connectivity index (χ2n) is 5.36. The van der Waals surface area contributed by atoms with Crippen LogP contribution in [0.2, 0.25) is 0 Å². The molecule has 0 aliphatic carbocycles.